The van der Waals surface area contributed by atoms with Gasteiger partial charge in [0.05, 0.1) is 15.2 Å². The van der Waals surface area contributed by atoms with Crippen LogP contribution in [0, 0.1) is 0 Å². The van der Waals surface area contributed by atoms with E-state index in [4.69, 9.17) is 0 Å². The summed E-state index contributed by atoms with van der Waals surface area (Å²) < 4.78 is 3.20. The summed E-state index contributed by atoms with van der Waals surface area (Å²) in [6, 6.07) is 10.3. The highest BCUT2D eigenvalue weighted by Gasteiger charge is 2.03. The van der Waals surface area contributed by atoms with Crippen molar-refractivity contribution in [1.29, 1.82) is 0 Å². The first-order chi connectivity index (χ1) is 12.8. The van der Waals surface area contributed by atoms with E-state index in [1.165, 1.54) is 9.71 Å². The molecule has 0 spiro atoms. The Labute approximate surface area is 181 Å². The summed E-state index contributed by atoms with van der Waals surface area (Å²) in [5, 5.41) is 12.1. The largest absolute Gasteiger partial charge is 0.357 e. The fraction of sp³-hybridized carbons (Fsp3) is 0.421. The van der Waals surface area contributed by atoms with Crippen LogP contribution in [0.15, 0.2) is 47.7 Å². The van der Waals surface area contributed by atoms with Crippen molar-refractivity contribution in [3.8, 4) is 0 Å². The van der Waals surface area contributed by atoms with Gasteiger partial charge in [-0.2, -0.15) is 5.10 Å². The van der Waals surface area contributed by atoms with Gasteiger partial charge in [0.2, 0.25) is 0 Å². The molecule has 1 aromatic carbocycles. The van der Waals surface area contributed by atoms with Crippen LogP contribution >= 0.6 is 35.3 Å². The molecule has 2 aromatic heterocycles. The SMILES string of the molecule is CCNC(=NCCCn1cccn1)NCCCc1nc2ccccc2s1.I. The Balaban J connectivity index is 0.00000261. The Bertz CT molecular complexity index is 782. The third-order valence-electron chi connectivity index (χ3n) is 3.92. The van der Waals surface area contributed by atoms with E-state index >= 15 is 0 Å². The lowest BCUT2D eigenvalue weighted by atomic mass is 10.3. The lowest BCUT2D eigenvalue weighted by molar-refractivity contribution is 0.583. The molecule has 0 unspecified atom stereocenters. The molecule has 0 amide bonds. The van der Waals surface area contributed by atoms with Gasteiger partial charge in [-0.05, 0) is 38.0 Å². The van der Waals surface area contributed by atoms with Gasteiger partial charge in [-0.25, -0.2) is 4.98 Å². The number of nitrogens with zero attached hydrogens (tertiary/aromatic N) is 4. The Morgan fingerprint density at radius 2 is 2.07 bits per heavy atom. The molecule has 146 valence electrons. The molecule has 8 heteroatoms. The summed E-state index contributed by atoms with van der Waals surface area (Å²) in [7, 11) is 0. The molecule has 0 bridgehead atoms. The number of guanidine groups is 1. The number of thiazole rings is 1. The highest BCUT2D eigenvalue weighted by atomic mass is 127. The van der Waals surface area contributed by atoms with E-state index in [-0.39, 0.29) is 24.0 Å². The first-order valence-electron chi connectivity index (χ1n) is 9.19. The summed E-state index contributed by atoms with van der Waals surface area (Å²) in [6.45, 7) is 5.52. The van der Waals surface area contributed by atoms with Gasteiger partial charge in [0.15, 0.2) is 5.96 Å². The van der Waals surface area contributed by atoms with Crippen LogP contribution in [0.4, 0.5) is 0 Å². The van der Waals surface area contributed by atoms with Crippen molar-refractivity contribution >= 4 is 51.5 Å². The van der Waals surface area contributed by atoms with Gasteiger partial charge in [-0.15, -0.1) is 35.3 Å². The number of halogens is 1. The molecule has 0 saturated heterocycles. The van der Waals surface area contributed by atoms with Crippen LogP contribution in [-0.2, 0) is 13.0 Å². The van der Waals surface area contributed by atoms with Crippen LogP contribution < -0.4 is 10.6 Å². The normalized spacial score (nSPS) is 11.4. The number of para-hydroxylation sites is 1. The predicted molar refractivity (Wildman–Crippen MR) is 124 cm³/mol. The van der Waals surface area contributed by atoms with Gasteiger partial charge in [0.1, 0.15) is 0 Å². The average molecular weight is 498 g/mol. The second-order valence-corrected chi connectivity index (χ2v) is 7.10. The third-order valence-corrected chi connectivity index (χ3v) is 5.01. The molecule has 0 saturated carbocycles. The van der Waals surface area contributed by atoms with Crippen LogP contribution in [0.2, 0.25) is 0 Å². The van der Waals surface area contributed by atoms with Crippen molar-refractivity contribution in [2.24, 2.45) is 4.99 Å². The highest BCUT2D eigenvalue weighted by Crippen LogP contribution is 2.22. The molecule has 0 aliphatic rings. The van der Waals surface area contributed by atoms with Gasteiger partial charge in [-0.3, -0.25) is 9.67 Å². The van der Waals surface area contributed by atoms with Crippen LogP contribution in [0.5, 0.6) is 0 Å². The zero-order valence-electron chi connectivity index (χ0n) is 15.6. The maximum absolute atomic E-state index is 4.69. The lowest BCUT2D eigenvalue weighted by Crippen LogP contribution is -2.38. The number of rotatable bonds is 9. The van der Waals surface area contributed by atoms with E-state index in [0.29, 0.717) is 0 Å². The van der Waals surface area contributed by atoms with Crippen molar-refractivity contribution < 1.29 is 0 Å². The monoisotopic (exact) mass is 498 g/mol. The molecular weight excluding hydrogens is 471 g/mol. The predicted octanol–water partition coefficient (Wildman–Crippen LogP) is 3.69. The molecule has 3 aromatic rings. The lowest BCUT2D eigenvalue weighted by Gasteiger charge is -2.10. The minimum Gasteiger partial charge on any atom is -0.357 e. The zero-order valence-corrected chi connectivity index (χ0v) is 18.7. The molecule has 0 atom stereocenters. The number of hydrogen-bond donors (Lipinski definition) is 2. The van der Waals surface area contributed by atoms with Crippen LogP contribution in [0.1, 0.15) is 24.8 Å². The molecule has 0 fully saturated rings. The number of benzene rings is 1. The number of nitrogens with one attached hydrogen (secondary N) is 2. The molecule has 0 aliphatic carbocycles. The van der Waals surface area contributed by atoms with Crippen molar-refractivity contribution in [2.75, 3.05) is 19.6 Å². The second-order valence-electron chi connectivity index (χ2n) is 5.99. The number of aryl methyl sites for hydroxylation is 2. The van der Waals surface area contributed by atoms with Crippen LogP contribution in [-0.4, -0.2) is 40.4 Å². The Kier molecular flexibility index (Phi) is 9.54. The minimum absolute atomic E-state index is 0. The summed E-state index contributed by atoms with van der Waals surface area (Å²) >= 11 is 1.79. The fourth-order valence-electron chi connectivity index (χ4n) is 2.67. The topological polar surface area (TPSA) is 67.1 Å². The van der Waals surface area contributed by atoms with E-state index in [0.717, 1.165) is 56.9 Å². The molecule has 0 radical (unpaired) electrons. The van der Waals surface area contributed by atoms with E-state index in [1.807, 2.05) is 23.0 Å². The van der Waals surface area contributed by atoms with Crippen molar-refractivity contribution in [3.63, 3.8) is 0 Å². The Hall–Kier alpha value is -1.68. The third kappa shape index (κ3) is 7.10. The highest BCUT2D eigenvalue weighted by molar-refractivity contribution is 14.0. The van der Waals surface area contributed by atoms with Gasteiger partial charge in [0, 0.05) is 45.0 Å². The standard InChI is InChI=1S/C19H26N6S.HI/c1-2-20-19(22-12-6-14-25-15-7-13-23-25)21-11-5-10-18-24-16-8-3-4-9-17(16)26-18;/h3-4,7-9,13,15H,2,5-6,10-12,14H2,1H3,(H2,20,21,22);1H. The minimum atomic E-state index is 0. The van der Waals surface area contributed by atoms with Crippen molar-refractivity contribution in [2.45, 2.75) is 32.7 Å². The van der Waals surface area contributed by atoms with Gasteiger partial charge in [-0.1, -0.05) is 12.1 Å². The Morgan fingerprint density at radius 3 is 2.85 bits per heavy atom. The Morgan fingerprint density at radius 1 is 1.19 bits per heavy atom. The first-order valence-corrected chi connectivity index (χ1v) is 10.0. The molecule has 0 aliphatic heterocycles. The molecule has 3 rings (SSSR count). The molecule has 2 heterocycles. The molecule has 6 nitrogen and oxygen atoms in total. The maximum atomic E-state index is 4.69. The summed E-state index contributed by atoms with van der Waals surface area (Å²) in [4.78, 5) is 9.32. The number of fused-ring (bicyclic) bond motifs is 1. The zero-order chi connectivity index (χ0) is 18.0. The van der Waals surface area contributed by atoms with Crippen molar-refractivity contribution in [1.82, 2.24) is 25.4 Å². The second kappa shape index (κ2) is 11.9. The summed E-state index contributed by atoms with van der Waals surface area (Å²) in [5.41, 5.74) is 1.10. The number of aliphatic imine (C=N–C) groups is 1. The van der Waals surface area contributed by atoms with Gasteiger partial charge in [0.25, 0.3) is 0 Å². The number of hydrogen-bond acceptors (Lipinski definition) is 4. The maximum Gasteiger partial charge on any atom is 0.191 e. The van der Waals surface area contributed by atoms with Crippen LogP contribution in [0.3, 0.4) is 0 Å². The summed E-state index contributed by atoms with van der Waals surface area (Å²) in [5.74, 6) is 0.886. The van der Waals surface area contributed by atoms with Gasteiger partial charge < -0.3 is 10.6 Å². The van der Waals surface area contributed by atoms with Crippen LogP contribution in [0.25, 0.3) is 10.2 Å². The van der Waals surface area contributed by atoms with Crippen molar-refractivity contribution in [3.05, 3.63) is 47.7 Å². The summed E-state index contributed by atoms with van der Waals surface area (Å²) in [6.07, 6.45) is 6.79. The van der Waals surface area contributed by atoms with E-state index in [9.17, 15) is 0 Å². The van der Waals surface area contributed by atoms with Gasteiger partial charge >= 0.3 is 0 Å². The van der Waals surface area contributed by atoms with E-state index < -0.39 is 0 Å². The first kappa shape index (κ1) is 21.6. The molecule has 2 N–H and O–H groups in total. The fourth-order valence-corrected chi connectivity index (χ4v) is 3.68. The van der Waals surface area contributed by atoms with E-state index in [2.05, 4.69) is 50.8 Å². The molecule has 27 heavy (non-hydrogen) atoms. The van der Waals surface area contributed by atoms with E-state index in [1.54, 1.807) is 17.5 Å². The quantitative estimate of drug-likeness (QED) is 0.205. The number of aromatic nitrogens is 3. The smallest absolute Gasteiger partial charge is 0.191 e. The average Bonchev–Trinajstić information content (AvgIpc) is 3.31. The molecular formula is C19H27IN6S.